The molecule has 0 aliphatic heterocycles. The van der Waals surface area contributed by atoms with Crippen LogP contribution < -0.4 is 14.8 Å². The maximum Gasteiger partial charge on any atom is 0.162 e. The number of hydrogen-bond acceptors (Lipinski definition) is 5. The highest BCUT2D eigenvalue weighted by molar-refractivity contribution is 5.78. The summed E-state index contributed by atoms with van der Waals surface area (Å²) in [6, 6.07) is 5.68. The van der Waals surface area contributed by atoms with Crippen molar-refractivity contribution in [3.63, 3.8) is 0 Å². The van der Waals surface area contributed by atoms with Crippen LogP contribution in [-0.4, -0.2) is 33.6 Å². The third-order valence-electron chi connectivity index (χ3n) is 3.67. The minimum absolute atomic E-state index is 0.131. The Morgan fingerprint density at radius 3 is 2.77 bits per heavy atom. The number of fused-ring (bicyclic) bond motifs is 1. The van der Waals surface area contributed by atoms with Gasteiger partial charge in [0.05, 0.1) is 13.3 Å². The number of imidazole rings is 1. The van der Waals surface area contributed by atoms with Crippen molar-refractivity contribution in [3.8, 4) is 35.1 Å². The standard InChI is InChI=1S/C20H22N4O2/c1-6-11-26-15-8-7-14(12-16(15)25-5)18-19(23-20(2,3)4)24-10-9-21-13-17(24)22-18/h1,7-10,12-13,23H,11H2,2-5H3. The van der Waals surface area contributed by atoms with Gasteiger partial charge in [-0.25, -0.2) is 4.98 Å². The molecular weight excluding hydrogens is 328 g/mol. The predicted molar refractivity (Wildman–Crippen MR) is 103 cm³/mol. The van der Waals surface area contributed by atoms with Crippen molar-refractivity contribution in [2.45, 2.75) is 26.3 Å². The largest absolute Gasteiger partial charge is 0.493 e. The molecule has 134 valence electrons. The Kier molecular flexibility index (Phi) is 4.72. The summed E-state index contributed by atoms with van der Waals surface area (Å²) < 4.78 is 13.0. The average molecular weight is 350 g/mol. The normalized spacial score (nSPS) is 11.2. The molecular formula is C20H22N4O2. The number of aromatic nitrogens is 3. The maximum absolute atomic E-state index is 5.53. The molecule has 26 heavy (non-hydrogen) atoms. The number of methoxy groups -OCH3 is 1. The van der Waals surface area contributed by atoms with Gasteiger partial charge in [-0.1, -0.05) is 5.92 Å². The Labute approximate surface area is 153 Å². The molecule has 0 fully saturated rings. The average Bonchev–Trinajstić information content (AvgIpc) is 2.97. The molecule has 0 spiro atoms. The minimum Gasteiger partial charge on any atom is -0.493 e. The van der Waals surface area contributed by atoms with Gasteiger partial charge in [-0.2, -0.15) is 0 Å². The van der Waals surface area contributed by atoms with Crippen LogP contribution in [0.1, 0.15) is 20.8 Å². The Morgan fingerprint density at radius 1 is 1.27 bits per heavy atom. The highest BCUT2D eigenvalue weighted by Gasteiger charge is 2.20. The zero-order chi connectivity index (χ0) is 18.7. The Bertz CT molecular complexity index is 964. The quantitative estimate of drug-likeness (QED) is 0.712. The lowest BCUT2D eigenvalue weighted by Gasteiger charge is -2.22. The van der Waals surface area contributed by atoms with E-state index < -0.39 is 0 Å². The van der Waals surface area contributed by atoms with Crippen LogP contribution in [0.5, 0.6) is 11.5 Å². The molecule has 0 bridgehead atoms. The molecule has 0 unspecified atom stereocenters. The van der Waals surface area contributed by atoms with Crippen LogP contribution in [0.4, 0.5) is 5.82 Å². The minimum atomic E-state index is -0.131. The van der Waals surface area contributed by atoms with Crippen LogP contribution in [-0.2, 0) is 0 Å². The number of nitrogens with zero attached hydrogens (tertiary/aromatic N) is 3. The van der Waals surface area contributed by atoms with E-state index in [0.29, 0.717) is 11.5 Å². The number of terminal acetylenes is 1. The van der Waals surface area contributed by atoms with E-state index in [1.807, 2.05) is 28.8 Å². The number of ether oxygens (including phenoxy) is 2. The topological polar surface area (TPSA) is 60.7 Å². The predicted octanol–water partition coefficient (Wildman–Crippen LogP) is 3.63. The summed E-state index contributed by atoms with van der Waals surface area (Å²) in [4.78, 5) is 8.91. The third kappa shape index (κ3) is 3.57. The van der Waals surface area contributed by atoms with Gasteiger partial charge in [0.25, 0.3) is 0 Å². The Hall–Kier alpha value is -3.20. The zero-order valence-corrected chi connectivity index (χ0v) is 15.4. The van der Waals surface area contributed by atoms with Gasteiger partial charge in [-0.15, -0.1) is 6.42 Å². The first-order chi connectivity index (χ1) is 12.4. The molecule has 2 heterocycles. The first kappa shape index (κ1) is 17.6. The van der Waals surface area contributed by atoms with E-state index in [9.17, 15) is 0 Å². The van der Waals surface area contributed by atoms with Crippen LogP contribution >= 0.6 is 0 Å². The lowest BCUT2D eigenvalue weighted by molar-refractivity contribution is 0.331. The number of rotatable bonds is 5. The van der Waals surface area contributed by atoms with Gasteiger partial charge in [-0.3, -0.25) is 9.38 Å². The molecule has 0 saturated carbocycles. The van der Waals surface area contributed by atoms with E-state index >= 15 is 0 Å². The molecule has 2 aromatic heterocycles. The van der Waals surface area contributed by atoms with Crippen molar-refractivity contribution in [2.75, 3.05) is 19.0 Å². The second kappa shape index (κ2) is 6.96. The van der Waals surface area contributed by atoms with Gasteiger partial charge in [0.2, 0.25) is 0 Å². The van der Waals surface area contributed by atoms with Crippen LogP contribution in [0.15, 0.2) is 36.8 Å². The molecule has 1 aromatic carbocycles. The number of benzene rings is 1. The van der Waals surface area contributed by atoms with Crippen molar-refractivity contribution in [1.82, 2.24) is 14.4 Å². The first-order valence-electron chi connectivity index (χ1n) is 8.28. The maximum atomic E-state index is 5.53. The molecule has 0 aliphatic rings. The first-order valence-corrected chi connectivity index (χ1v) is 8.28. The smallest absolute Gasteiger partial charge is 0.162 e. The van der Waals surface area contributed by atoms with Crippen LogP contribution in [0.2, 0.25) is 0 Å². The fourth-order valence-corrected chi connectivity index (χ4v) is 2.64. The third-order valence-corrected chi connectivity index (χ3v) is 3.67. The van der Waals surface area contributed by atoms with E-state index in [2.05, 4.69) is 37.0 Å². The summed E-state index contributed by atoms with van der Waals surface area (Å²) in [5, 5.41) is 3.53. The van der Waals surface area contributed by atoms with Crippen LogP contribution in [0, 0.1) is 12.3 Å². The van der Waals surface area contributed by atoms with Crippen molar-refractivity contribution >= 4 is 11.5 Å². The fraction of sp³-hybridized carbons (Fsp3) is 0.300. The van der Waals surface area contributed by atoms with Crippen molar-refractivity contribution < 1.29 is 9.47 Å². The SMILES string of the molecule is C#CCOc1ccc(-c2nc3cnccn3c2NC(C)(C)C)cc1OC. The summed E-state index contributed by atoms with van der Waals surface area (Å²) in [6.45, 7) is 6.50. The van der Waals surface area contributed by atoms with E-state index in [-0.39, 0.29) is 12.1 Å². The lowest BCUT2D eigenvalue weighted by Crippen LogP contribution is -2.27. The van der Waals surface area contributed by atoms with Gasteiger partial charge < -0.3 is 14.8 Å². The molecule has 1 N–H and O–H groups in total. The molecule has 0 radical (unpaired) electrons. The van der Waals surface area contributed by atoms with E-state index in [1.54, 1.807) is 19.5 Å². The fourth-order valence-electron chi connectivity index (χ4n) is 2.64. The number of hydrogen-bond donors (Lipinski definition) is 1. The van der Waals surface area contributed by atoms with Gasteiger partial charge in [0, 0.05) is 23.5 Å². The Balaban J connectivity index is 2.13. The van der Waals surface area contributed by atoms with Crippen molar-refractivity contribution in [3.05, 3.63) is 36.8 Å². The van der Waals surface area contributed by atoms with Gasteiger partial charge >= 0.3 is 0 Å². The number of nitrogens with one attached hydrogen (secondary N) is 1. The van der Waals surface area contributed by atoms with Crippen LogP contribution in [0.3, 0.4) is 0 Å². The summed E-state index contributed by atoms with van der Waals surface area (Å²) in [6.07, 6.45) is 10.6. The Morgan fingerprint density at radius 2 is 2.08 bits per heavy atom. The zero-order valence-electron chi connectivity index (χ0n) is 15.4. The molecule has 0 aliphatic carbocycles. The molecule has 0 atom stereocenters. The van der Waals surface area contributed by atoms with Crippen LogP contribution in [0.25, 0.3) is 16.9 Å². The molecule has 0 saturated heterocycles. The molecule has 0 amide bonds. The monoisotopic (exact) mass is 350 g/mol. The summed E-state index contributed by atoms with van der Waals surface area (Å²) in [7, 11) is 1.60. The number of anilines is 1. The van der Waals surface area contributed by atoms with Gasteiger partial charge in [0.1, 0.15) is 18.1 Å². The molecule has 6 nitrogen and oxygen atoms in total. The van der Waals surface area contributed by atoms with Gasteiger partial charge in [0.15, 0.2) is 17.1 Å². The molecule has 3 aromatic rings. The van der Waals surface area contributed by atoms with Crippen molar-refractivity contribution in [2.24, 2.45) is 0 Å². The van der Waals surface area contributed by atoms with Crippen molar-refractivity contribution in [1.29, 1.82) is 0 Å². The second-order valence-corrected chi connectivity index (χ2v) is 6.85. The van der Waals surface area contributed by atoms with E-state index in [1.165, 1.54) is 0 Å². The summed E-state index contributed by atoms with van der Waals surface area (Å²) >= 11 is 0. The van der Waals surface area contributed by atoms with E-state index in [4.69, 9.17) is 20.9 Å². The highest BCUT2D eigenvalue weighted by atomic mass is 16.5. The summed E-state index contributed by atoms with van der Waals surface area (Å²) in [5.41, 5.74) is 2.36. The molecule has 3 rings (SSSR count). The second-order valence-electron chi connectivity index (χ2n) is 6.85. The summed E-state index contributed by atoms with van der Waals surface area (Å²) in [5.74, 6) is 4.56. The highest BCUT2D eigenvalue weighted by Crippen LogP contribution is 2.36. The lowest BCUT2D eigenvalue weighted by atomic mass is 10.1. The molecule has 6 heteroatoms. The van der Waals surface area contributed by atoms with E-state index in [0.717, 1.165) is 22.7 Å². The van der Waals surface area contributed by atoms with Gasteiger partial charge in [-0.05, 0) is 39.0 Å².